The molecule has 1 heterocycles. The van der Waals surface area contributed by atoms with E-state index < -0.39 is 0 Å². The Hall–Kier alpha value is -1.61. The fourth-order valence-corrected chi connectivity index (χ4v) is 3.34. The summed E-state index contributed by atoms with van der Waals surface area (Å²) in [6.07, 6.45) is 1.85. The van der Waals surface area contributed by atoms with Gasteiger partial charge in [-0.1, -0.05) is 30.3 Å². The van der Waals surface area contributed by atoms with Crippen molar-refractivity contribution in [2.75, 3.05) is 0 Å². The van der Waals surface area contributed by atoms with Crippen LogP contribution in [0.25, 0.3) is 0 Å². The predicted molar refractivity (Wildman–Crippen MR) is 79.8 cm³/mol. The van der Waals surface area contributed by atoms with Crippen molar-refractivity contribution in [1.29, 1.82) is 0 Å². The maximum Gasteiger partial charge on any atom is 0.0662 e. The summed E-state index contributed by atoms with van der Waals surface area (Å²) >= 11 is 0. The second kappa shape index (κ2) is 4.74. The maximum absolute atomic E-state index is 10.1. The Labute approximate surface area is 120 Å². The van der Waals surface area contributed by atoms with Gasteiger partial charge in [-0.05, 0) is 39.2 Å². The lowest BCUT2D eigenvalue weighted by molar-refractivity contribution is 0.150. The molecule has 3 nitrogen and oxygen atoms in total. The van der Waals surface area contributed by atoms with Crippen molar-refractivity contribution < 1.29 is 5.11 Å². The topological polar surface area (TPSA) is 38.0 Å². The van der Waals surface area contributed by atoms with Crippen LogP contribution in [-0.2, 0) is 12.0 Å². The molecule has 1 aliphatic carbocycles. The van der Waals surface area contributed by atoms with Crippen LogP contribution in [-0.4, -0.2) is 21.0 Å². The second-order valence-electron chi connectivity index (χ2n) is 6.02. The van der Waals surface area contributed by atoms with Crippen LogP contribution in [0, 0.1) is 13.8 Å². The highest BCUT2D eigenvalue weighted by Gasteiger charge is 2.51. The van der Waals surface area contributed by atoms with Crippen molar-refractivity contribution in [2.45, 2.75) is 51.7 Å². The SMILES string of the molecule is Cc1nn(Cc2ccccc2)c(C)c1C1(C(C)O)CC1. The van der Waals surface area contributed by atoms with Gasteiger partial charge >= 0.3 is 0 Å². The minimum Gasteiger partial charge on any atom is -0.392 e. The summed E-state index contributed by atoms with van der Waals surface area (Å²) in [6.45, 7) is 6.89. The zero-order valence-corrected chi connectivity index (χ0v) is 12.4. The number of aromatic nitrogens is 2. The van der Waals surface area contributed by atoms with Gasteiger partial charge in [0.1, 0.15) is 0 Å². The Morgan fingerprint density at radius 1 is 1.25 bits per heavy atom. The molecular weight excluding hydrogens is 248 g/mol. The molecule has 1 saturated carbocycles. The molecule has 0 spiro atoms. The summed E-state index contributed by atoms with van der Waals surface area (Å²) in [5, 5.41) is 14.8. The van der Waals surface area contributed by atoms with E-state index in [-0.39, 0.29) is 11.5 Å². The van der Waals surface area contributed by atoms with Crippen LogP contribution < -0.4 is 0 Å². The number of rotatable bonds is 4. The van der Waals surface area contributed by atoms with Crippen LogP contribution in [0.1, 0.15) is 42.3 Å². The van der Waals surface area contributed by atoms with Gasteiger partial charge in [-0.3, -0.25) is 4.68 Å². The molecule has 1 aromatic heterocycles. The van der Waals surface area contributed by atoms with Crippen LogP contribution in [0.2, 0.25) is 0 Å². The number of aryl methyl sites for hydroxylation is 1. The second-order valence-corrected chi connectivity index (χ2v) is 6.02. The first-order valence-corrected chi connectivity index (χ1v) is 7.31. The Morgan fingerprint density at radius 3 is 2.45 bits per heavy atom. The van der Waals surface area contributed by atoms with E-state index in [0.29, 0.717) is 0 Å². The molecule has 1 atom stereocenters. The molecule has 3 rings (SSSR count). The smallest absolute Gasteiger partial charge is 0.0662 e. The molecule has 2 aromatic rings. The zero-order chi connectivity index (χ0) is 14.3. The van der Waals surface area contributed by atoms with E-state index in [0.717, 1.165) is 25.1 Å². The van der Waals surface area contributed by atoms with Crippen LogP contribution in [0.5, 0.6) is 0 Å². The average molecular weight is 270 g/mol. The van der Waals surface area contributed by atoms with Crippen LogP contribution in [0.3, 0.4) is 0 Å². The molecule has 0 saturated heterocycles. The van der Waals surface area contributed by atoms with Gasteiger partial charge in [-0.2, -0.15) is 5.10 Å². The molecule has 106 valence electrons. The first kappa shape index (κ1) is 13.4. The van der Waals surface area contributed by atoms with E-state index in [9.17, 15) is 5.11 Å². The van der Waals surface area contributed by atoms with Crippen molar-refractivity contribution in [3.8, 4) is 0 Å². The number of benzene rings is 1. The van der Waals surface area contributed by atoms with Gasteiger partial charge in [0, 0.05) is 16.7 Å². The molecule has 1 aromatic carbocycles. The standard InChI is InChI=1S/C17H22N2O/c1-12-16(17(9-10-17)14(3)20)13(2)19(18-12)11-15-7-5-4-6-8-15/h4-8,14,20H,9-11H2,1-3H3. The molecule has 3 heteroatoms. The van der Waals surface area contributed by atoms with Gasteiger partial charge in [-0.15, -0.1) is 0 Å². The van der Waals surface area contributed by atoms with E-state index in [2.05, 4.69) is 42.8 Å². The van der Waals surface area contributed by atoms with Gasteiger partial charge < -0.3 is 5.11 Å². The summed E-state index contributed by atoms with van der Waals surface area (Å²) < 4.78 is 2.07. The normalized spacial score (nSPS) is 18.0. The minimum absolute atomic E-state index is 0.0386. The van der Waals surface area contributed by atoms with E-state index in [1.54, 1.807) is 0 Å². The van der Waals surface area contributed by atoms with Gasteiger partial charge in [0.2, 0.25) is 0 Å². The van der Waals surface area contributed by atoms with Gasteiger partial charge in [0.05, 0.1) is 18.3 Å². The number of aliphatic hydroxyl groups excluding tert-OH is 1. The van der Waals surface area contributed by atoms with E-state index >= 15 is 0 Å². The number of hydrogen-bond acceptors (Lipinski definition) is 2. The van der Waals surface area contributed by atoms with Gasteiger partial charge in [0.25, 0.3) is 0 Å². The molecule has 20 heavy (non-hydrogen) atoms. The van der Waals surface area contributed by atoms with Crippen molar-refractivity contribution in [1.82, 2.24) is 9.78 Å². The number of aliphatic hydroxyl groups is 1. The van der Waals surface area contributed by atoms with Crippen LogP contribution in [0.4, 0.5) is 0 Å². The third-order valence-corrected chi connectivity index (χ3v) is 4.64. The molecule has 1 unspecified atom stereocenters. The monoisotopic (exact) mass is 270 g/mol. The summed E-state index contributed by atoms with van der Waals surface area (Å²) in [7, 11) is 0. The third kappa shape index (κ3) is 2.06. The molecule has 1 aliphatic rings. The van der Waals surface area contributed by atoms with E-state index in [1.165, 1.54) is 16.8 Å². The Balaban J connectivity index is 1.96. The molecule has 0 amide bonds. The van der Waals surface area contributed by atoms with E-state index in [4.69, 9.17) is 5.10 Å². The quantitative estimate of drug-likeness (QED) is 0.927. The lowest BCUT2D eigenvalue weighted by Crippen LogP contribution is -2.24. The molecule has 0 bridgehead atoms. The zero-order valence-electron chi connectivity index (χ0n) is 12.4. The Kier molecular flexibility index (Phi) is 3.17. The van der Waals surface area contributed by atoms with Crippen molar-refractivity contribution in [3.05, 3.63) is 52.8 Å². The minimum atomic E-state index is -0.297. The van der Waals surface area contributed by atoms with Crippen LogP contribution >= 0.6 is 0 Å². The highest BCUT2D eigenvalue weighted by Crippen LogP contribution is 2.52. The van der Waals surface area contributed by atoms with E-state index in [1.807, 2.05) is 13.0 Å². The highest BCUT2D eigenvalue weighted by molar-refractivity contribution is 5.40. The number of hydrogen-bond donors (Lipinski definition) is 1. The summed E-state index contributed by atoms with van der Waals surface area (Å²) in [5.41, 5.74) is 4.75. The first-order chi connectivity index (χ1) is 9.54. The van der Waals surface area contributed by atoms with Gasteiger partial charge in [-0.25, -0.2) is 0 Å². The molecule has 1 N–H and O–H groups in total. The largest absolute Gasteiger partial charge is 0.392 e. The average Bonchev–Trinajstić information content (AvgIpc) is 3.16. The lowest BCUT2D eigenvalue weighted by Gasteiger charge is -2.19. The summed E-state index contributed by atoms with van der Waals surface area (Å²) in [5.74, 6) is 0. The molecule has 0 aliphatic heterocycles. The first-order valence-electron chi connectivity index (χ1n) is 7.31. The Morgan fingerprint density at radius 2 is 1.90 bits per heavy atom. The van der Waals surface area contributed by atoms with Crippen molar-refractivity contribution >= 4 is 0 Å². The summed E-state index contributed by atoms with van der Waals surface area (Å²) in [6, 6.07) is 10.4. The molecule has 0 radical (unpaired) electrons. The number of nitrogens with zero attached hydrogens (tertiary/aromatic N) is 2. The van der Waals surface area contributed by atoms with Crippen LogP contribution in [0.15, 0.2) is 30.3 Å². The fraction of sp³-hybridized carbons (Fsp3) is 0.471. The summed E-state index contributed by atoms with van der Waals surface area (Å²) in [4.78, 5) is 0. The fourth-order valence-electron chi connectivity index (χ4n) is 3.34. The van der Waals surface area contributed by atoms with Gasteiger partial charge in [0.15, 0.2) is 0 Å². The third-order valence-electron chi connectivity index (χ3n) is 4.64. The lowest BCUT2D eigenvalue weighted by atomic mass is 9.89. The highest BCUT2D eigenvalue weighted by atomic mass is 16.3. The predicted octanol–water partition coefficient (Wildman–Crippen LogP) is 2.96. The molecular formula is C17H22N2O. The Bertz CT molecular complexity index is 609. The van der Waals surface area contributed by atoms with Crippen molar-refractivity contribution in [3.63, 3.8) is 0 Å². The maximum atomic E-state index is 10.1. The van der Waals surface area contributed by atoms with Crippen molar-refractivity contribution in [2.24, 2.45) is 0 Å². The molecule has 1 fully saturated rings.